The fourth-order valence-electron chi connectivity index (χ4n) is 1.70. The van der Waals surface area contributed by atoms with Crippen LogP contribution in [0.1, 0.15) is 13.8 Å². The summed E-state index contributed by atoms with van der Waals surface area (Å²) in [7, 11) is -0.115. The number of hydrogen-bond donors (Lipinski definition) is 1. The summed E-state index contributed by atoms with van der Waals surface area (Å²) in [4.78, 5) is 0. The molecule has 0 amide bonds. The Morgan fingerprint density at radius 3 is 2.00 bits per heavy atom. The van der Waals surface area contributed by atoms with Crippen molar-refractivity contribution in [3.8, 4) is 0 Å². The van der Waals surface area contributed by atoms with Crippen LogP contribution < -0.4 is 5.32 Å². The first kappa shape index (κ1) is 11.9. The zero-order valence-corrected chi connectivity index (χ0v) is 10.0. The maximum Gasteiger partial charge on any atom is 0.281 e. The van der Waals surface area contributed by atoms with E-state index in [-0.39, 0.29) is 12.1 Å². The lowest BCUT2D eigenvalue weighted by Gasteiger charge is -2.36. The van der Waals surface area contributed by atoms with Gasteiger partial charge in [-0.25, -0.2) is 0 Å². The summed E-state index contributed by atoms with van der Waals surface area (Å²) in [5.41, 5.74) is 0. The average Bonchev–Trinajstić information content (AvgIpc) is 2.01. The molecule has 1 heterocycles. The van der Waals surface area contributed by atoms with Crippen molar-refractivity contribution in [3.05, 3.63) is 0 Å². The van der Waals surface area contributed by atoms with Crippen molar-refractivity contribution in [3.63, 3.8) is 0 Å². The standard InChI is InChI=1S/C8H19N3O2S/c1-7-5-11(6-8(2)9-7)14(12,13)10(3)4/h7-9H,5-6H2,1-4H3. The molecule has 0 spiro atoms. The second-order valence-electron chi connectivity index (χ2n) is 4.08. The Morgan fingerprint density at radius 2 is 1.64 bits per heavy atom. The van der Waals surface area contributed by atoms with Gasteiger partial charge in [0.15, 0.2) is 0 Å². The Balaban J connectivity index is 2.78. The van der Waals surface area contributed by atoms with Gasteiger partial charge in [0, 0.05) is 39.3 Å². The molecule has 0 aromatic heterocycles. The Kier molecular flexibility index (Phi) is 3.52. The van der Waals surface area contributed by atoms with Crippen molar-refractivity contribution in [1.29, 1.82) is 0 Å². The molecular weight excluding hydrogens is 202 g/mol. The Labute approximate surface area is 86.3 Å². The molecule has 5 nitrogen and oxygen atoms in total. The van der Waals surface area contributed by atoms with E-state index in [9.17, 15) is 8.42 Å². The van der Waals surface area contributed by atoms with Crippen molar-refractivity contribution in [2.75, 3.05) is 27.2 Å². The molecule has 2 atom stereocenters. The molecule has 1 fully saturated rings. The highest BCUT2D eigenvalue weighted by atomic mass is 32.2. The minimum Gasteiger partial charge on any atom is -0.309 e. The van der Waals surface area contributed by atoms with Gasteiger partial charge < -0.3 is 5.32 Å². The van der Waals surface area contributed by atoms with E-state index in [1.54, 1.807) is 14.1 Å². The molecule has 1 aliphatic heterocycles. The Bertz CT molecular complexity index is 279. The molecule has 0 saturated carbocycles. The fourth-order valence-corrected chi connectivity index (χ4v) is 2.98. The van der Waals surface area contributed by atoms with Gasteiger partial charge in [-0.1, -0.05) is 0 Å². The van der Waals surface area contributed by atoms with Gasteiger partial charge in [-0.3, -0.25) is 0 Å². The first-order valence-corrected chi connectivity index (χ1v) is 6.17. The zero-order valence-electron chi connectivity index (χ0n) is 9.19. The summed E-state index contributed by atoms with van der Waals surface area (Å²) >= 11 is 0. The highest BCUT2D eigenvalue weighted by molar-refractivity contribution is 7.86. The molecule has 0 bridgehead atoms. The molecule has 1 N–H and O–H groups in total. The summed E-state index contributed by atoms with van der Waals surface area (Å²) in [5.74, 6) is 0. The maximum atomic E-state index is 11.8. The molecule has 6 heteroatoms. The lowest BCUT2D eigenvalue weighted by Crippen LogP contribution is -2.57. The summed E-state index contributed by atoms with van der Waals surface area (Å²) in [6, 6.07) is 0.432. The molecule has 84 valence electrons. The minimum atomic E-state index is -3.24. The molecule has 2 unspecified atom stereocenters. The van der Waals surface area contributed by atoms with Crippen LogP contribution in [-0.2, 0) is 10.2 Å². The van der Waals surface area contributed by atoms with Crippen molar-refractivity contribution in [2.45, 2.75) is 25.9 Å². The number of piperazine rings is 1. The van der Waals surface area contributed by atoms with E-state index in [2.05, 4.69) is 5.32 Å². The van der Waals surface area contributed by atoms with Gasteiger partial charge in [0.25, 0.3) is 10.2 Å². The molecule has 1 saturated heterocycles. The van der Waals surface area contributed by atoms with E-state index in [0.29, 0.717) is 13.1 Å². The van der Waals surface area contributed by atoms with Gasteiger partial charge in [-0.15, -0.1) is 0 Å². The molecule has 14 heavy (non-hydrogen) atoms. The first-order valence-electron chi connectivity index (χ1n) is 4.77. The minimum absolute atomic E-state index is 0.216. The smallest absolute Gasteiger partial charge is 0.281 e. The lowest BCUT2D eigenvalue weighted by molar-refractivity contribution is 0.252. The van der Waals surface area contributed by atoms with Crippen LogP contribution in [0, 0.1) is 0 Å². The van der Waals surface area contributed by atoms with Gasteiger partial charge >= 0.3 is 0 Å². The topological polar surface area (TPSA) is 52.7 Å². The van der Waals surface area contributed by atoms with Crippen LogP contribution >= 0.6 is 0 Å². The van der Waals surface area contributed by atoms with E-state index in [1.165, 1.54) is 8.61 Å². The van der Waals surface area contributed by atoms with E-state index in [4.69, 9.17) is 0 Å². The first-order chi connectivity index (χ1) is 6.34. The predicted octanol–water partition coefficient (Wildman–Crippen LogP) is -0.525. The number of nitrogens with zero attached hydrogens (tertiary/aromatic N) is 2. The van der Waals surface area contributed by atoms with Crippen LogP contribution in [0.4, 0.5) is 0 Å². The second kappa shape index (κ2) is 4.14. The zero-order chi connectivity index (χ0) is 10.9. The maximum absolute atomic E-state index is 11.8. The molecule has 0 aromatic carbocycles. The molecule has 0 aliphatic carbocycles. The number of nitrogens with one attached hydrogen (secondary N) is 1. The van der Waals surface area contributed by atoms with Crippen molar-refractivity contribution in [2.24, 2.45) is 0 Å². The van der Waals surface area contributed by atoms with E-state index >= 15 is 0 Å². The van der Waals surface area contributed by atoms with Crippen molar-refractivity contribution < 1.29 is 8.42 Å². The summed E-state index contributed by atoms with van der Waals surface area (Å²) in [6.07, 6.45) is 0. The third-order valence-electron chi connectivity index (χ3n) is 2.31. The van der Waals surface area contributed by atoms with E-state index in [0.717, 1.165) is 0 Å². The summed E-state index contributed by atoms with van der Waals surface area (Å²) < 4.78 is 26.4. The van der Waals surface area contributed by atoms with Gasteiger partial charge in [0.1, 0.15) is 0 Å². The molecule has 0 aromatic rings. The van der Waals surface area contributed by atoms with E-state index in [1.807, 2.05) is 13.8 Å². The second-order valence-corrected chi connectivity index (χ2v) is 6.22. The third-order valence-corrected chi connectivity index (χ3v) is 4.19. The molecular formula is C8H19N3O2S. The SMILES string of the molecule is CC1CN(S(=O)(=O)N(C)C)CC(C)N1. The van der Waals surface area contributed by atoms with Crippen LogP contribution in [0.2, 0.25) is 0 Å². The Hall–Kier alpha value is -0.170. The quantitative estimate of drug-likeness (QED) is 0.682. The number of hydrogen-bond acceptors (Lipinski definition) is 3. The third kappa shape index (κ3) is 2.44. The summed E-state index contributed by atoms with van der Waals surface area (Å²) in [6.45, 7) is 5.08. The number of rotatable bonds is 2. The highest BCUT2D eigenvalue weighted by Crippen LogP contribution is 2.11. The van der Waals surface area contributed by atoms with Gasteiger partial charge in [0.05, 0.1) is 0 Å². The van der Waals surface area contributed by atoms with Gasteiger partial charge in [-0.2, -0.15) is 17.0 Å². The normalized spacial score (nSPS) is 30.9. The molecule has 1 rings (SSSR count). The largest absolute Gasteiger partial charge is 0.309 e. The average molecular weight is 221 g/mol. The summed E-state index contributed by atoms with van der Waals surface area (Å²) in [5, 5.41) is 3.30. The lowest BCUT2D eigenvalue weighted by atomic mass is 10.2. The van der Waals surface area contributed by atoms with Crippen molar-refractivity contribution in [1.82, 2.24) is 13.9 Å². The van der Waals surface area contributed by atoms with Gasteiger partial charge in [0.2, 0.25) is 0 Å². The van der Waals surface area contributed by atoms with Crippen LogP contribution in [0.3, 0.4) is 0 Å². The fraction of sp³-hybridized carbons (Fsp3) is 1.00. The predicted molar refractivity (Wildman–Crippen MR) is 56.2 cm³/mol. The van der Waals surface area contributed by atoms with Crippen molar-refractivity contribution >= 4 is 10.2 Å². The molecule has 0 radical (unpaired) electrons. The monoisotopic (exact) mass is 221 g/mol. The van der Waals surface area contributed by atoms with Crippen LogP contribution in [0.15, 0.2) is 0 Å². The molecule has 1 aliphatic rings. The van der Waals surface area contributed by atoms with E-state index < -0.39 is 10.2 Å². The van der Waals surface area contributed by atoms with Crippen LogP contribution in [-0.4, -0.2) is 56.3 Å². The van der Waals surface area contributed by atoms with Gasteiger partial charge in [-0.05, 0) is 13.8 Å². The highest BCUT2D eigenvalue weighted by Gasteiger charge is 2.31. The van der Waals surface area contributed by atoms with Crippen LogP contribution in [0.5, 0.6) is 0 Å². The van der Waals surface area contributed by atoms with Crippen LogP contribution in [0.25, 0.3) is 0 Å². The Morgan fingerprint density at radius 1 is 1.21 bits per heavy atom.